The topological polar surface area (TPSA) is 58.2 Å². The predicted octanol–water partition coefficient (Wildman–Crippen LogP) is 1.66. The molecule has 1 atom stereocenters. The van der Waals surface area contributed by atoms with Crippen LogP contribution in [0.15, 0.2) is 23.1 Å². The summed E-state index contributed by atoms with van der Waals surface area (Å²) in [6, 6.07) is 2.99. The third kappa shape index (κ3) is 4.12. The molecule has 1 unspecified atom stereocenters. The molecule has 1 aliphatic rings. The summed E-state index contributed by atoms with van der Waals surface area (Å²) in [4.78, 5) is -0.903. The maximum atomic E-state index is 13.4. The third-order valence-corrected chi connectivity index (χ3v) is 4.71. The minimum absolute atomic E-state index is 0. The second-order valence-corrected chi connectivity index (χ2v) is 6.30. The van der Waals surface area contributed by atoms with Gasteiger partial charge in [0.2, 0.25) is 10.0 Å². The van der Waals surface area contributed by atoms with Crippen molar-refractivity contribution >= 4 is 22.4 Å². The van der Waals surface area contributed by atoms with Crippen LogP contribution in [0.1, 0.15) is 12.8 Å². The van der Waals surface area contributed by atoms with E-state index in [0.717, 1.165) is 37.7 Å². The highest BCUT2D eigenvalue weighted by molar-refractivity contribution is 7.89. The Kier molecular flexibility index (Phi) is 6.32. The standard InChI is InChI=1S/C12H16F2N2O2S.ClH/c13-10-2-1-3-11(14)12(10)19(17,18)16-7-5-9-4-6-15-8-9;/h1-3,9,15-16H,4-8H2;1H. The normalized spacial score (nSPS) is 18.8. The zero-order chi connectivity index (χ0) is 13.9. The molecule has 8 heteroatoms. The first-order valence-electron chi connectivity index (χ1n) is 6.15. The van der Waals surface area contributed by atoms with Crippen molar-refractivity contribution in [1.82, 2.24) is 10.0 Å². The van der Waals surface area contributed by atoms with E-state index in [1.54, 1.807) is 0 Å². The lowest BCUT2D eigenvalue weighted by atomic mass is 10.1. The molecular weight excluding hydrogens is 310 g/mol. The molecule has 1 aromatic rings. The SMILES string of the molecule is Cl.O=S(=O)(NCCC1CCNC1)c1c(F)cccc1F. The van der Waals surface area contributed by atoms with Crippen LogP contribution in [0.25, 0.3) is 0 Å². The van der Waals surface area contributed by atoms with Crippen LogP contribution >= 0.6 is 12.4 Å². The van der Waals surface area contributed by atoms with Gasteiger partial charge in [-0.2, -0.15) is 0 Å². The summed E-state index contributed by atoms with van der Waals surface area (Å²) in [7, 11) is -4.13. The number of rotatable bonds is 5. The maximum absolute atomic E-state index is 13.4. The molecule has 20 heavy (non-hydrogen) atoms. The molecule has 0 aliphatic carbocycles. The Hall–Kier alpha value is -0.760. The fraction of sp³-hybridized carbons (Fsp3) is 0.500. The average Bonchev–Trinajstić information content (AvgIpc) is 2.81. The molecule has 0 saturated carbocycles. The van der Waals surface area contributed by atoms with Crippen LogP contribution in [0, 0.1) is 17.6 Å². The fourth-order valence-electron chi connectivity index (χ4n) is 2.17. The first kappa shape index (κ1) is 17.3. The summed E-state index contributed by atoms with van der Waals surface area (Å²) in [5.41, 5.74) is 0. The molecule has 0 radical (unpaired) electrons. The van der Waals surface area contributed by atoms with Crippen LogP contribution in [0.3, 0.4) is 0 Å². The van der Waals surface area contributed by atoms with Gasteiger partial charge in [-0.3, -0.25) is 0 Å². The van der Waals surface area contributed by atoms with Crippen molar-refractivity contribution in [3.8, 4) is 0 Å². The van der Waals surface area contributed by atoms with Crippen molar-refractivity contribution in [3.05, 3.63) is 29.8 Å². The molecule has 0 bridgehead atoms. The minimum Gasteiger partial charge on any atom is -0.316 e. The Morgan fingerprint density at radius 1 is 1.30 bits per heavy atom. The van der Waals surface area contributed by atoms with Crippen LogP contribution in [0.2, 0.25) is 0 Å². The Morgan fingerprint density at radius 2 is 1.95 bits per heavy atom. The summed E-state index contributed by atoms with van der Waals surface area (Å²) in [5.74, 6) is -1.74. The minimum atomic E-state index is -4.13. The highest BCUT2D eigenvalue weighted by Gasteiger charge is 2.24. The predicted molar refractivity (Wildman–Crippen MR) is 74.4 cm³/mol. The van der Waals surface area contributed by atoms with E-state index in [1.165, 1.54) is 0 Å². The monoisotopic (exact) mass is 326 g/mol. The first-order chi connectivity index (χ1) is 9.00. The van der Waals surface area contributed by atoms with E-state index in [-0.39, 0.29) is 19.0 Å². The molecule has 2 rings (SSSR count). The van der Waals surface area contributed by atoms with Gasteiger partial charge in [0, 0.05) is 6.54 Å². The van der Waals surface area contributed by atoms with Gasteiger partial charge in [-0.15, -0.1) is 12.4 Å². The van der Waals surface area contributed by atoms with E-state index < -0.39 is 26.6 Å². The average molecular weight is 327 g/mol. The smallest absolute Gasteiger partial charge is 0.246 e. The Morgan fingerprint density at radius 3 is 2.50 bits per heavy atom. The fourth-order valence-corrected chi connectivity index (χ4v) is 3.35. The molecule has 0 aromatic heterocycles. The lowest BCUT2D eigenvalue weighted by molar-refractivity contribution is 0.501. The molecule has 114 valence electrons. The van der Waals surface area contributed by atoms with E-state index >= 15 is 0 Å². The van der Waals surface area contributed by atoms with Crippen LogP contribution in [0.4, 0.5) is 8.78 Å². The summed E-state index contributed by atoms with van der Waals surface area (Å²) in [6.07, 6.45) is 1.65. The zero-order valence-corrected chi connectivity index (χ0v) is 12.4. The number of nitrogens with one attached hydrogen (secondary N) is 2. The van der Waals surface area contributed by atoms with Gasteiger partial charge in [-0.1, -0.05) is 6.07 Å². The lowest BCUT2D eigenvalue weighted by Gasteiger charge is -2.11. The van der Waals surface area contributed by atoms with Crippen LogP contribution in [-0.4, -0.2) is 28.1 Å². The summed E-state index contributed by atoms with van der Waals surface area (Å²) < 4.78 is 52.7. The number of benzene rings is 1. The number of hydrogen-bond donors (Lipinski definition) is 2. The molecule has 0 amide bonds. The van der Waals surface area contributed by atoms with Crippen molar-refractivity contribution in [3.63, 3.8) is 0 Å². The van der Waals surface area contributed by atoms with E-state index in [9.17, 15) is 17.2 Å². The van der Waals surface area contributed by atoms with E-state index in [2.05, 4.69) is 10.0 Å². The van der Waals surface area contributed by atoms with Gasteiger partial charge in [0.25, 0.3) is 0 Å². The summed E-state index contributed by atoms with van der Waals surface area (Å²) in [5, 5.41) is 3.17. The van der Waals surface area contributed by atoms with Crippen molar-refractivity contribution in [2.45, 2.75) is 17.7 Å². The van der Waals surface area contributed by atoms with Gasteiger partial charge in [-0.25, -0.2) is 21.9 Å². The molecular formula is C12H17ClF2N2O2S. The zero-order valence-electron chi connectivity index (χ0n) is 10.7. The highest BCUT2D eigenvalue weighted by atomic mass is 35.5. The Bertz CT molecular complexity index is 528. The van der Waals surface area contributed by atoms with Crippen LogP contribution in [0.5, 0.6) is 0 Å². The van der Waals surface area contributed by atoms with E-state index in [4.69, 9.17) is 0 Å². The Labute approximate surface area is 123 Å². The molecule has 4 nitrogen and oxygen atoms in total. The van der Waals surface area contributed by atoms with Crippen molar-refractivity contribution in [2.75, 3.05) is 19.6 Å². The van der Waals surface area contributed by atoms with Crippen LogP contribution < -0.4 is 10.0 Å². The summed E-state index contributed by atoms with van der Waals surface area (Å²) >= 11 is 0. The van der Waals surface area contributed by atoms with Crippen molar-refractivity contribution in [1.29, 1.82) is 0 Å². The van der Waals surface area contributed by atoms with E-state index in [0.29, 0.717) is 12.3 Å². The molecule has 1 aliphatic heterocycles. The molecule has 1 heterocycles. The second-order valence-electron chi connectivity index (χ2n) is 4.60. The largest absolute Gasteiger partial charge is 0.316 e. The van der Waals surface area contributed by atoms with Gasteiger partial charge in [0.15, 0.2) is 4.90 Å². The quantitative estimate of drug-likeness (QED) is 0.865. The second kappa shape index (κ2) is 7.31. The number of hydrogen-bond acceptors (Lipinski definition) is 3. The lowest BCUT2D eigenvalue weighted by Crippen LogP contribution is -2.28. The van der Waals surface area contributed by atoms with Gasteiger partial charge in [-0.05, 0) is 44.0 Å². The molecule has 1 fully saturated rings. The number of halogens is 3. The molecule has 0 spiro atoms. The van der Waals surface area contributed by atoms with Gasteiger partial charge < -0.3 is 5.32 Å². The van der Waals surface area contributed by atoms with Gasteiger partial charge in [0.05, 0.1) is 0 Å². The Balaban J connectivity index is 0.00000200. The number of sulfonamides is 1. The van der Waals surface area contributed by atoms with Crippen LogP contribution in [-0.2, 0) is 10.0 Å². The highest BCUT2D eigenvalue weighted by Crippen LogP contribution is 2.18. The molecule has 1 saturated heterocycles. The van der Waals surface area contributed by atoms with E-state index in [1.807, 2.05) is 0 Å². The third-order valence-electron chi connectivity index (χ3n) is 3.19. The first-order valence-corrected chi connectivity index (χ1v) is 7.63. The van der Waals surface area contributed by atoms with Crippen molar-refractivity contribution in [2.24, 2.45) is 5.92 Å². The molecule has 2 N–H and O–H groups in total. The van der Waals surface area contributed by atoms with Gasteiger partial charge in [0.1, 0.15) is 11.6 Å². The summed E-state index contributed by atoms with van der Waals surface area (Å²) in [6.45, 7) is 1.97. The molecule has 1 aromatic carbocycles. The maximum Gasteiger partial charge on any atom is 0.246 e. The van der Waals surface area contributed by atoms with Gasteiger partial charge >= 0.3 is 0 Å². The van der Waals surface area contributed by atoms with Crippen molar-refractivity contribution < 1.29 is 17.2 Å².